The highest BCUT2D eigenvalue weighted by molar-refractivity contribution is 5.41. The van der Waals surface area contributed by atoms with Gasteiger partial charge in [0.2, 0.25) is 0 Å². The van der Waals surface area contributed by atoms with E-state index >= 15 is 0 Å². The van der Waals surface area contributed by atoms with E-state index in [4.69, 9.17) is 9.47 Å². The van der Waals surface area contributed by atoms with Crippen LogP contribution in [-0.2, 0) is 6.54 Å². The van der Waals surface area contributed by atoms with Gasteiger partial charge in [-0.1, -0.05) is 12.5 Å². The number of nitrogens with zero attached hydrogens (tertiary/aromatic N) is 3. The molecule has 0 bridgehead atoms. The third-order valence-corrected chi connectivity index (χ3v) is 6.95. The maximum Gasteiger partial charge on any atom is 0.127 e. The van der Waals surface area contributed by atoms with Crippen molar-refractivity contribution in [2.45, 2.75) is 50.3 Å². The van der Waals surface area contributed by atoms with E-state index in [1.54, 1.807) is 7.11 Å². The van der Waals surface area contributed by atoms with Gasteiger partial charge in [-0.3, -0.25) is 9.80 Å². The SMILES string of the molecule is COc1ccc(CN2CCCCC23CC3)c(OC[C@H](O)CN2CCN(C)CC2)c1. The predicted octanol–water partition coefficient (Wildman–Crippen LogP) is 2.20. The number of β-amino-alcohol motifs (C(OH)–C–C–N with tert-alkyl or cyclic N) is 1. The maximum absolute atomic E-state index is 10.5. The summed E-state index contributed by atoms with van der Waals surface area (Å²) in [5.41, 5.74) is 1.65. The van der Waals surface area contributed by atoms with Crippen molar-refractivity contribution in [1.29, 1.82) is 0 Å². The van der Waals surface area contributed by atoms with E-state index in [1.807, 2.05) is 12.1 Å². The van der Waals surface area contributed by atoms with Crippen LogP contribution in [0.4, 0.5) is 0 Å². The van der Waals surface area contributed by atoms with Gasteiger partial charge in [0.15, 0.2) is 0 Å². The molecular formula is C23H37N3O3. The Morgan fingerprint density at radius 1 is 1.07 bits per heavy atom. The van der Waals surface area contributed by atoms with Crippen LogP contribution >= 0.6 is 0 Å². The number of hydrogen-bond donors (Lipinski definition) is 1. The number of aliphatic hydroxyl groups is 1. The molecule has 162 valence electrons. The fourth-order valence-corrected chi connectivity index (χ4v) is 4.81. The van der Waals surface area contributed by atoms with Crippen molar-refractivity contribution in [3.05, 3.63) is 23.8 Å². The molecule has 1 aromatic carbocycles. The van der Waals surface area contributed by atoms with Crippen molar-refractivity contribution in [2.75, 3.05) is 60.0 Å². The second-order valence-electron chi connectivity index (χ2n) is 9.15. The molecule has 0 aromatic heterocycles. The summed E-state index contributed by atoms with van der Waals surface area (Å²) in [7, 11) is 3.83. The van der Waals surface area contributed by atoms with Crippen molar-refractivity contribution in [3.63, 3.8) is 0 Å². The van der Waals surface area contributed by atoms with Crippen LogP contribution in [0.15, 0.2) is 18.2 Å². The topological polar surface area (TPSA) is 48.4 Å². The third kappa shape index (κ3) is 5.23. The third-order valence-electron chi connectivity index (χ3n) is 6.95. The molecular weight excluding hydrogens is 366 g/mol. The molecule has 3 aliphatic rings. The highest BCUT2D eigenvalue weighted by Crippen LogP contribution is 2.49. The lowest BCUT2D eigenvalue weighted by molar-refractivity contribution is 0.0495. The molecule has 1 spiro atoms. The second-order valence-corrected chi connectivity index (χ2v) is 9.15. The molecule has 1 saturated carbocycles. The van der Waals surface area contributed by atoms with E-state index in [0.717, 1.165) is 44.2 Å². The monoisotopic (exact) mass is 403 g/mol. The van der Waals surface area contributed by atoms with Gasteiger partial charge in [-0.05, 0) is 45.3 Å². The van der Waals surface area contributed by atoms with Crippen molar-refractivity contribution < 1.29 is 14.6 Å². The Labute approximate surface area is 175 Å². The number of benzene rings is 1. The molecule has 3 fully saturated rings. The largest absolute Gasteiger partial charge is 0.497 e. The zero-order valence-electron chi connectivity index (χ0n) is 18.1. The van der Waals surface area contributed by atoms with E-state index in [9.17, 15) is 5.11 Å². The quantitative estimate of drug-likeness (QED) is 0.718. The molecule has 1 atom stereocenters. The molecule has 1 aliphatic carbocycles. The summed E-state index contributed by atoms with van der Waals surface area (Å²) < 4.78 is 11.6. The minimum Gasteiger partial charge on any atom is -0.497 e. The Bertz CT molecular complexity index is 671. The first-order valence-corrected chi connectivity index (χ1v) is 11.2. The van der Waals surface area contributed by atoms with Crippen LogP contribution in [0.2, 0.25) is 0 Å². The Morgan fingerprint density at radius 3 is 2.59 bits per heavy atom. The smallest absolute Gasteiger partial charge is 0.127 e. The lowest BCUT2D eigenvalue weighted by Crippen LogP contribution is -2.47. The zero-order valence-corrected chi connectivity index (χ0v) is 18.1. The average molecular weight is 404 g/mol. The van der Waals surface area contributed by atoms with Gasteiger partial charge in [0, 0.05) is 56.4 Å². The molecule has 1 aromatic rings. The molecule has 0 radical (unpaired) electrons. The van der Waals surface area contributed by atoms with E-state index in [-0.39, 0.29) is 0 Å². The van der Waals surface area contributed by atoms with Gasteiger partial charge in [-0.25, -0.2) is 0 Å². The molecule has 0 unspecified atom stereocenters. The minimum atomic E-state index is -0.484. The van der Waals surface area contributed by atoms with E-state index < -0.39 is 6.10 Å². The predicted molar refractivity (Wildman–Crippen MR) is 115 cm³/mol. The number of likely N-dealkylation sites (tertiary alicyclic amines) is 1. The summed E-state index contributed by atoms with van der Waals surface area (Å²) in [6, 6.07) is 6.12. The van der Waals surface area contributed by atoms with Crippen molar-refractivity contribution in [2.24, 2.45) is 0 Å². The number of likely N-dealkylation sites (N-methyl/N-ethyl adjacent to an activating group) is 1. The molecule has 2 aliphatic heterocycles. The van der Waals surface area contributed by atoms with E-state index in [1.165, 1.54) is 44.2 Å². The fourth-order valence-electron chi connectivity index (χ4n) is 4.81. The van der Waals surface area contributed by atoms with Crippen molar-refractivity contribution in [3.8, 4) is 11.5 Å². The van der Waals surface area contributed by atoms with Crippen molar-refractivity contribution >= 4 is 0 Å². The van der Waals surface area contributed by atoms with Gasteiger partial charge in [-0.15, -0.1) is 0 Å². The highest BCUT2D eigenvalue weighted by atomic mass is 16.5. The van der Waals surface area contributed by atoms with Gasteiger partial charge in [-0.2, -0.15) is 0 Å². The normalized spacial score (nSPS) is 23.8. The van der Waals surface area contributed by atoms with Crippen LogP contribution in [0.1, 0.15) is 37.7 Å². The number of rotatable bonds is 8. The van der Waals surface area contributed by atoms with Gasteiger partial charge < -0.3 is 19.5 Å². The number of piperidine rings is 1. The minimum absolute atomic E-state index is 0.317. The average Bonchev–Trinajstić information content (AvgIpc) is 3.50. The molecule has 6 nitrogen and oxygen atoms in total. The van der Waals surface area contributed by atoms with Crippen LogP contribution in [0.5, 0.6) is 11.5 Å². The second kappa shape index (κ2) is 9.21. The number of ether oxygens (including phenoxy) is 2. The number of methoxy groups -OCH3 is 1. The van der Waals surface area contributed by atoms with Gasteiger partial charge >= 0.3 is 0 Å². The molecule has 2 heterocycles. The molecule has 6 heteroatoms. The Kier molecular flexibility index (Phi) is 6.64. The Hall–Kier alpha value is -1.34. The van der Waals surface area contributed by atoms with Gasteiger partial charge in [0.1, 0.15) is 24.2 Å². The number of hydrogen-bond acceptors (Lipinski definition) is 6. The van der Waals surface area contributed by atoms with Crippen molar-refractivity contribution in [1.82, 2.24) is 14.7 Å². The van der Waals surface area contributed by atoms with Gasteiger partial charge in [0.25, 0.3) is 0 Å². The first kappa shape index (κ1) is 20.9. The maximum atomic E-state index is 10.5. The van der Waals surface area contributed by atoms with Crippen LogP contribution in [-0.4, -0.2) is 91.5 Å². The Balaban J connectivity index is 1.36. The summed E-state index contributed by atoms with van der Waals surface area (Å²) in [6.45, 7) is 7.23. The molecule has 29 heavy (non-hydrogen) atoms. The summed E-state index contributed by atoms with van der Waals surface area (Å²) >= 11 is 0. The lowest BCUT2D eigenvalue weighted by Gasteiger charge is -2.36. The van der Waals surface area contributed by atoms with Crippen LogP contribution < -0.4 is 9.47 Å². The first-order valence-electron chi connectivity index (χ1n) is 11.2. The number of aliphatic hydroxyl groups excluding tert-OH is 1. The molecule has 0 amide bonds. The summed E-state index contributed by atoms with van der Waals surface area (Å²) in [5, 5.41) is 10.5. The van der Waals surface area contributed by atoms with Crippen LogP contribution in [0.25, 0.3) is 0 Å². The number of piperazine rings is 1. The Morgan fingerprint density at radius 2 is 1.86 bits per heavy atom. The summed E-state index contributed by atoms with van der Waals surface area (Å²) in [5.74, 6) is 1.65. The molecule has 2 saturated heterocycles. The highest BCUT2D eigenvalue weighted by Gasteiger charge is 2.48. The molecule has 4 rings (SSSR count). The van der Waals surface area contributed by atoms with E-state index in [2.05, 4.69) is 27.8 Å². The van der Waals surface area contributed by atoms with E-state index in [0.29, 0.717) is 18.7 Å². The lowest BCUT2D eigenvalue weighted by atomic mass is 9.99. The molecule has 1 N–H and O–H groups in total. The van der Waals surface area contributed by atoms with Gasteiger partial charge in [0.05, 0.1) is 7.11 Å². The standard InChI is InChI=1S/C23H37N3O3/c1-24-11-13-25(14-12-24)17-20(27)18-29-22-15-21(28-2)6-5-19(22)16-26-10-4-3-7-23(26)8-9-23/h5-6,15,20,27H,3-4,7-14,16-18H2,1-2H3/t20-/m1/s1. The zero-order chi connectivity index (χ0) is 20.3. The fraction of sp³-hybridized carbons (Fsp3) is 0.739. The van der Waals surface area contributed by atoms with Crippen LogP contribution in [0.3, 0.4) is 0 Å². The van der Waals surface area contributed by atoms with Crippen LogP contribution in [0, 0.1) is 0 Å². The summed E-state index contributed by atoms with van der Waals surface area (Å²) in [4.78, 5) is 7.31. The summed E-state index contributed by atoms with van der Waals surface area (Å²) in [6.07, 6.45) is 6.18. The first-order chi connectivity index (χ1) is 14.1.